The van der Waals surface area contributed by atoms with Crippen molar-refractivity contribution < 1.29 is 10.0 Å². The van der Waals surface area contributed by atoms with Gasteiger partial charge in [-0.15, -0.1) is 0 Å². The lowest BCUT2D eigenvalue weighted by Gasteiger charge is -1.93. The van der Waals surface area contributed by atoms with Gasteiger partial charge in [0.05, 0.1) is 11.7 Å². The summed E-state index contributed by atoms with van der Waals surface area (Å²) in [4.78, 5) is 0. The Hall–Kier alpha value is -1.40. The predicted molar refractivity (Wildman–Crippen MR) is 42.8 cm³/mol. The normalized spacial score (nSPS) is 10.5. The molecule has 0 aliphatic rings. The molecule has 2 rings (SSSR count). The second-order valence-corrected chi connectivity index (χ2v) is 2.37. The number of nitrogens with zero attached hydrogens (tertiary/aromatic N) is 3. The fourth-order valence-corrected chi connectivity index (χ4v) is 1.05. The zero-order valence-electron chi connectivity index (χ0n) is 6.12. The van der Waals surface area contributed by atoms with Gasteiger partial charge in [-0.2, -0.15) is 14.8 Å². The topological polar surface area (TPSA) is 70.7 Å². The highest BCUT2D eigenvalue weighted by molar-refractivity contribution is 6.61. The maximum Gasteiger partial charge on any atom is 0.492 e. The van der Waals surface area contributed by atoms with Crippen LogP contribution in [-0.4, -0.2) is 32.0 Å². The van der Waals surface area contributed by atoms with E-state index < -0.39 is 7.12 Å². The van der Waals surface area contributed by atoms with Gasteiger partial charge in [-0.25, -0.2) is 0 Å². The van der Waals surface area contributed by atoms with Crippen LogP contribution in [0.5, 0.6) is 0 Å². The maximum absolute atomic E-state index is 8.89. The Morgan fingerprint density at radius 2 is 2.17 bits per heavy atom. The highest BCUT2D eigenvalue weighted by atomic mass is 16.4. The van der Waals surface area contributed by atoms with Crippen molar-refractivity contribution in [3.8, 4) is 0 Å². The van der Waals surface area contributed by atoms with E-state index >= 15 is 0 Å². The van der Waals surface area contributed by atoms with E-state index in [0.29, 0.717) is 11.0 Å². The molecular weight excluding hydrogens is 157 g/mol. The summed E-state index contributed by atoms with van der Waals surface area (Å²) in [5.74, 6) is 0. The van der Waals surface area contributed by atoms with Crippen LogP contribution in [0.15, 0.2) is 24.5 Å². The molecule has 6 heteroatoms. The van der Waals surface area contributed by atoms with Gasteiger partial charge >= 0.3 is 7.12 Å². The number of aromatic nitrogens is 3. The molecule has 0 unspecified atom stereocenters. The van der Waals surface area contributed by atoms with Crippen molar-refractivity contribution in [1.82, 2.24) is 14.8 Å². The predicted octanol–water partition coefficient (Wildman–Crippen LogP) is -1.59. The molecule has 0 aliphatic carbocycles. The maximum atomic E-state index is 8.89. The van der Waals surface area contributed by atoms with Crippen LogP contribution < -0.4 is 5.46 Å². The van der Waals surface area contributed by atoms with Gasteiger partial charge in [0, 0.05) is 11.7 Å². The molecule has 0 fully saturated rings. The lowest BCUT2D eigenvalue weighted by atomic mass is 9.81. The molecule has 0 aromatic carbocycles. The van der Waals surface area contributed by atoms with Crippen LogP contribution in [0.4, 0.5) is 0 Å². The van der Waals surface area contributed by atoms with Crippen molar-refractivity contribution in [3.63, 3.8) is 0 Å². The van der Waals surface area contributed by atoms with Crippen molar-refractivity contribution in [2.75, 3.05) is 0 Å². The summed E-state index contributed by atoms with van der Waals surface area (Å²) in [6.07, 6.45) is 2.96. The van der Waals surface area contributed by atoms with E-state index in [4.69, 9.17) is 10.0 Å². The highest BCUT2D eigenvalue weighted by Gasteiger charge is 2.16. The van der Waals surface area contributed by atoms with E-state index in [1.54, 1.807) is 18.3 Å². The quantitative estimate of drug-likeness (QED) is 0.497. The third kappa shape index (κ3) is 0.974. The molecule has 2 aromatic rings. The molecule has 0 atom stereocenters. The Labute approximate surface area is 68.4 Å². The zero-order chi connectivity index (χ0) is 8.55. The molecule has 0 radical (unpaired) electrons. The summed E-state index contributed by atoms with van der Waals surface area (Å²) in [5.41, 5.74) is 0.968. The van der Waals surface area contributed by atoms with E-state index in [1.165, 1.54) is 10.8 Å². The number of fused-ring (bicyclic) bond motifs is 1. The Morgan fingerprint density at radius 1 is 1.33 bits per heavy atom. The standard InChI is InChI=1S/C6H6BN3O2/c11-7(12)5-4-9-10-6(5)2-1-3-8-10/h1-4,11-12H. The third-order valence-corrected chi connectivity index (χ3v) is 1.61. The Morgan fingerprint density at radius 3 is 2.92 bits per heavy atom. The summed E-state index contributed by atoms with van der Waals surface area (Å²) in [6, 6.07) is 3.43. The molecule has 0 saturated carbocycles. The van der Waals surface area contributed by atoms with Crippen molar-refractivity contribution in [3.05, 3.63) is 24.5 Å². The van der Waals surface area contributed by atoms with E-state index in [-0.39, 0.29) is 0 Å². The molecular formula is C6H6BN3O2. The average Bonchev–Trinajstić information content (AvgIpc) is 2.47. The van der Waals surface area contributed by atoms with Crippen LogP contribution in [0, 0.1) is 0 Å². The smallest absolute Gasteiger partial charge is 0.423 e. The second kappa shape index (κ2) is 2.58. The molecule has 2 heterocycles. The Bertz CT molecular complexity index is 400. The first-order valence-electron chi connectivity index (χ1n) is 3.44. The second-order valence-electron chi connectivity index (χ2n) is 2.37. The molecule has 12 heavy (non-hydrogen) atoms. The van der Waals surface area contributed by atoms with Crippen molar-refractivity contribution in [1.29, 1.82) is 0 Å². The monoisotopic (exact) mass is 163 g/mol. The first-order chi connectivity index (χ1) is 5.79. The van der Waals surface area contributed by atoms with Crippen molar-refractivity contribution >= 4 is 18.1 Å². The molecule has 0 spiro atoms. The summed E-state index contributed by atoms with van der Waals surface area (Å²) >= 11 is 0. The molecule has 0 aliphatic heterocycles. The largest absolute Gasteiger partial charge is 0.492 e. The minimum Gasteiger partial charge on any atom is -0.423 e. The van der Waals surface area contributed by atoms with Crippen molar-refractivity contribution in [2.24, 2.45) is 0 Å². The first kappa shape index (κ1) is 7.26. The summed E-state index contributed by atoms with van der Waals surface area (Å²) in [5, 5.41) is 25.5. The number of hydrogen-bond donors (Lipinski definition) is 2. The summed E-state index contributed by atoms with van der Waals surface area (Å²) in [6.45, 7) is 0. The molecule has 2 N–H and O–H groups in total. The van der Waals surface area contributed by atoms with Crippen LogP contribution in [-0.2, 0) is 0 Å². The highest BCUT2D eigenvalue weighted by Crippen LogP contribution is 1.95. The molecule has 2 aromatic heterocycles. The molecule has 5 nitrogen and oxygen atoms in total. The minimum atomic E-state index is -1.49. The number of rotatable bonds is 1. The molecule has 0 saturated heterocycles. The zero-order valence-corrected chi connectivity index (χ0v) is 6.12. The van der Waals surface area contributed by atoms with E-state index in [9.17, 15) is 0 Å². The third-order valence-electron chi connectivity index (χ3n) is 1.61. The summed E-state index contributed by atoms with van der Waals surface area (Å²) < 4.78 is 1.34. The van der Waals surface area contributed by atoms with Gasteiger partial charge in [0.25, 0.3) is 0 Å². The van der Waals surface area contributed by atoms with Crippen LogP contribution in [0.2, 0.25) is 0 Å². The van der Waals surface area contributed by atoms with Gasteiger partial charge < -0.3 is 10.0 Å². The SMILES string of the molecule is OB(O)c1cnn2ncccc12. The van der Waals surface area contributed by atoms with Crippen LogP contribution in [0.25, 0.3) is 5.52 Å². The lowest BCUT2D eigenvalue weighted by Crippen LogP contribution is -2.29. The fourth-order valence-electron chi connectivity index (χ4n) is 1.05. The Kier molecular flexibility index (Phi) is 1.56. The summed E-state index contributed by atoms with van der Waals surface area (Å²) in [7, 11) is -1.49. The minimum absolute atomic E-state index is 0.364. The van der Waals surface area contributed by atoms with E-state index in [0.717, 1.165) is 0 Å². The van der Waals surface area contributed by atoms with Gasteiger partial charge in [0.1, 0.15) is 0 Å². The first-order valence-corrected chi connectivity index (χ1v) is 3.44. The lowest BCUT2D eigenvalue weighted by molar-refractivity contribution is 0.426. The van der Waals surface area contributed by atoms with Crippen LogP contribution in [0.1, 0.15) is 0 Å². The van der Waals surface area contributed by atoms with E-state index in [2.05, 4.69) is 10.2 Å². The van der Waals surface area contributed by atoms with E-state index in [1.807, 2.05) is 0 Å². The van der Waals surface area contributed by atoms with Gasteiger partial charge in [0.2, 0.25) is 0 Å². The van der Waals surface area contributed by atoms with Crippen molar-refractivity contribution in [2.45, 2.75) is 0 Å². The molecule has 0 bridgehead atoms. The van der Waals surface area contributed by atoms with Gasteiger partial charge in [-0.05, 0) is 12.1 Å². The van der Waals surface area contributed by atoms with Crippen LogP contribution >= 0.6 is 0 Å². The molecule has 60 valence electrons. The van der Waals surface area contributed by atoms with Crippen LogP contribution in [0.3, 0.4) is 0 Å². The molecule has 0 amide bonds. The van der Waals surface area contributed by atoms with Gasteiger partial charge in [-0.3, -0.25) is 0 Å². The average molecular weight is 163 g/mol. The Balaban J connectivity index is 2.70. The number of hydrogen-bond acceptors (Lipinski definition) is 4. The fraction of sp³-hybridized carbons (Fsp3) is 0. The van der Waals surface area contributed by atoms with Gasteiger partial charge in [0.15, 0.2) is 0 Å². The van der Waals surface area contributed by atoms with Gasteiger partial charge in [-0.1, -0.05) is 0 Å².